The van der Waals surface area contributed by atoms with Crippen molar-refractivity contribution in [2.45, 2.75) is 29.6 Å². The maximum atomic E-state index is 11.1. The lowest BCUT2D eigenvalue weighted by atomic mass is 10.0. The first-order chi connectivity index (χ1) is 9.47. The van der Waals surface area contributed by atoms with Gasteiger partial charge < -0.3 is 11.5 Å². The van der Waals surface area contributed by atoms with Crippen molar-refractivity contribution in [1.29, 1.82) is 0 Å². The van der Waals surface area contributed by atoms with E-state index in [1.807, 2.05) is 6.07 Å². The molecule has 4 N–H and O–H groups in total. The summed E-state index contributed by atoms with van der Waals surface area (Å²) in [5.74, 6) is 0.0588. The van der Waals surface area contributed by atoms with Crippen molar-refractivity contribution in [2.75, 3.05) is 5.73 Å². The molecule has 3 nitrogen and oxygen atoms in total. The van der Waals surface area contributed by atoms with Gasteiger partial charge in [-0.05, 0) is 41.8 Å². The number of nitrogens with two attached hydrogens (primary N) is 2. The molecule has 0 saturated heterocycles. The molecule has 0 bridgehead atoms. The van der Waals surface area contributed by atoms with Crippen LogP contribution in [0.5, 0.6) is 0 Å². The summed E-state index contributed by atoms with van der Waals surface area (Å²) in [6, 6.07) is 13.6. The van der Waals surface area contributed by atoms with Crippen LogP contribution in [0.15, 0.2) is 52.3 Å². The van der Waals surface area contributed by atoms with E-state index in [2.05, 4.69) is 38.1 Å². The smallest absolute Gasteiger partial charge is 0.248 e. The molecule has 4 heteroatoms. The van der Waals surface area contributed by atoms with Crippen LogP contribution in [0.3, 0.4) is 0 Å². The molecule has 0 atom stereocenters. The van der Waals surface area contributed by atoms with E-state index in [0.717, 1.165) is 9.79 Å². The summed E-state index contributed by atoms with van der Waals surface area (Å²) in [5, 5.41) is 0. The van der Waals surface area contributed by atoms with E-state index in [1.165, 1.54) is 5.56 Å². The molecule has 20 heavy (non-hydrogen) atoms. The van der Waals surface area contributed by atoms with Crippen LogP contribution in [0.2, 0.25) is 0 Å². The lowest BCUT2D eigenvalue weighted by Gasteiger charge is -2.09. The molecule has 0 spiro atoms. The average Bonchev–Trinajstić information content (AvgIpc) is 2.41. The van der Waals surface area contributed by atoms with Gasteiger partial charge in [0.1, 0.15) is 0 Å². The summed E-state index contributed by atoms with van der Waals surface area (Å²) in [6.07, 6.45) is 0. The first-order valence-corrected chi connectivity index (χ1v) is 7.26. The summed E-state index contributed by atoms with van der Waals surface area (Å²) < 4.78 is 0. The Kier molecular flexibility index (Phi) is 4.35. The maximum absolute atomic E-state index is 11.1. The molecule has 2 aromatic rings. The van der Waals surface area contributed by atoms with Gasteiger partial charge in [0.25, 0.3) is 0 Å². The minimum Gasteiger partial charge on any atom is -0.398 e. The van der Waals surface area contributed by atoms with Crippen LogP contribution in [0.25, 0.3) is 0 Å². The number of anilines is 1. The van der Waals surface area contributed by atoms with Crippen LogP contribution in [0, 0.1) is 0 Å². The number of hydrogen-bond donors (Lipinski definition) is 2. The molecule has 2 aromatic carbocycles. The second-order valence-electron chi connectivity index (χ2n) is 4.94. The fraction of sp³-hybridized carbons (Fsp3) is 0.188. The fourth-order valence-corrected chi connectivity index (χ4v) is 2.68. The topological polar surface area (TPSA) is 69.1 Å². The zero-order chi connectivity index (χ0) is 14.7. The third kappa shape index (κ3) is 3.33. The van der Waals surface area contributed by atoms with Gasteiger partial charge in [0.2, 0.25) is 5.91 Å². The SMILES string of the molecule is CC(C)c1ccc(Sc2ccc(C(N)=O)cc2N)cc1. The van der Waals surface area contributed by atoms with Crippen LogP contribution >= 0.6 is 11.8 Å². The van der Waals surface area contributed by atoms with Crippen molar-refractivity contribution >= 4 is 23.4 Å². The number of primary amides is 1. The predicted molar refractivity (Wildman–Crippen MR) is 84.0 cm³/mol. The van der Waals surface area contributed by atoms with Gasteiger partial charge in [-0.15, -0.1) is 0 Å². The quantitative estimate of drug-likeness (QED) is 0.843. The highest BCUT2D eigenvalue weighted by molar-refractivity contribution is 7.99. The zero-order valence-corrected chi connectivity index (χ0v) is 12.4. The van der Waals surface area contributed by atoms with Crippen molar-refractivity contribution in [2.24, 2.45) is 5.73 Å². The molecule has 0 heterocycles. The monoisotopic (exact) mass is 286 g/mol. The van der Waals surface area contributed by atoms with E-state index in [0.29, 0.717) is 17.2 Å². The third-order valence-electron chi connectivity index (χ3n) is 3.07. The highest BCUT2D eigenvalue weighted by Gasteiger charge is 2.07. The van der Waals surface area contributed by atoms with Crippen LogP contribution in [-0.2, 0) is 0 Å². The summed E-state index contributed by atoms with van der Waals surface area (Å²) in [4.78, 5) is 13.1. The molecule has 1 amide bonds. The molecule has 2 rings (SSSR count). The van der Waals surface area contributed by atoms with Crippen molar-refractivity contribution in [3.05, 3.63) is 53.6 Å². The third-order valence-corrected chi connectivity index (χ3v) is 4.17. The zero-order valence-electron chi connectivity index (χ0n) is 11.6. The van der Waals surface area contributed by atoms with Gasteiger partial charge in [0.05, 0.1) is 0 Å². The van der Waals surface area contributed by atoms with Gasteiger partial charge in [-0.3, -0.25) is 4.79 Å². The molecule has 0 fully saturated rings. The van der Waals surface area contributed by atoms with Gasteiger partial charge in [0, 0.05) is 21.0 Å². The first-order valence-electron chi connectivity index (χ1n) is 6.44. The Morgan fingerprint density at radius 3 is 2.25 bits per heavy atom. The summed E-state index contributed by atoms with van der Waals surface area (Å²) in [5.41, 5.74) is 13.5. The minimum absolute atomic E-state index is 0.432. The maximum Gasteiger partial charge on any atom is 0.248 e. The van der Waals surface area contributed by atoms with E-state index in [1.54, 1.807) is 23.9 Å². The average molecular weight is 286 g/mol. The molecule has 0 aliphatic rings. The van der Waals surface area contributed by atoms with Gasteiger partial charge in [-0.1, -0.05) is 37.7 Å². The van der Waals surface area contributed by atoms with Crippen molar-refractivity contribution in [3.8, 4) is 0 Å². The number of rotatable bonds is 4. The van der Waals surface area contributed by atoms with Gasteiger partial charge in [-0.2, -0.15) is 0 Å². The molecular weight excluding hydrogens is 268 g/mol. The molecule has 0 unspecified atom stereocenters. The Balaban J connectivity index is 2.19. The Labute approximate surface area is 123 Å². The first kappa shape index (κ1) is 14.5. The Morgan fingerprint density at radius 1 is 1.10 bits per heavy atom. The number of carbonyl (C=O) groups excluding carboxylic acids is 1. The molecule has 0 radical (unpaired) electrons. The lowest BCUT2D eigenvalue weighted by Crippen LogP contribution is -2.11. The van der Waals surface area contributed by atoms with Crippen LogP contribution < -0.4 is 11.5 Å². The summed E-state index contributed by atoms with van der Waals surface area (Å²) in [7, 11) is 0. The molecule has 0 aromatic heterocycles. The molecule has 0 aliphatic carbocycles. The highest BCUT2D eigenvalue weighted by atomic mass is 32.2. The van der Waals surface area contributed by atoms with E-state index >= 15 is 0 Å². The highest BCUT2D eigenvalue weighted by Crippen LogP contribution is 2.33. The Hall–Kier alpha value is -1.94. The number of hydrogen-bond acceptors (Lipinski definition) is 3. The minimum atomic E-state index is -0.463. The Morgan fingerprint density at radius 2 is 1.75 bits per heavy atom. The second-order valence-corrected chi connectivity index (χ2v) is 6.06. The van der Waals surface area contributed by atoms with Crippen LogP contribution in [-0.4, -0.2) is 5.91 Å². The van der Waals surface area contributed by atoms with Crippen molar-refractivity contribution < 1.29 is 4.79 Å². The van der Waals surface area contributed by atoms with E-state index < -0.39 is 5.91 Å². The van der Waals surface area contributed by atoms with Gasteiger partial charge in [0.15, 0.2) is 0 Å². The van der Waals surface area contributed by atoms with Crippen LogP contribution in [0.1, 0.15) is 35.7 Å². The van der Waals surface area contributed by atoms with Crippen molar-refractivity contribution in [1.82, 2.24) is 0 Å². The normalized spacial score (nSPS) is 10.8. The van der Waals surface area contributed by atoms with Gasteiger partial charge in [-0.25, -0.2) is 0 Å². The molecular formula is C16H18N2OS. The fourth-order valence-electron chi connectivity index (χ4n) is 1.84. The number of carbonyl (C=O) groups is 1. The predicted octanol–water partition coefficient (Wildman–Crippen LogP) is 3.64. The largest absolute Gasteiger partial charge is 0.398 e. The molecule has 0 saturated carbocycles. The second kappa shape index (κ2) is 6.01. The van der Waals surface area contributed by atoms with Crippen LogP contribution in [0.4, 0.5) is 5.69 Å². The van der Waals surface area contributed by atoms with E-state index in [4.69, 9.17) is 11.5 Å². The summed E-state index contributed by atoms with van der Waals surface area (Å²) >= 11 is 1.58. The van der Waals surface area contributed by atoms with E-state index in [9.17, 15) is 4.79 Å². The van der Waals surface area contributed by atoms with E-state index in [-0.39, 0.29) is 0 Å². The standard InChI is InChI=1S/C16H18N2OS/c1-10(2)11-3-6-13(7-4-11)20-15-8-5-12(16(18)19)9-14(15)17/h3-10H,17H2,1-2H3,(H2,18,19). The summed E-state index contributed by atoms with van der Waals surface area (Å²) in [6.45, 7) is 4.34. The van der Waals surface area contributed by atoms with Gasteiger partial charge >= 0.3 is 0 Å². The van der Waals surface area contributed by atoms with Crippen molar-refractivity contribution in [3.63, 3.8) is 0 Å². The number of benzene rings is 2. The number of amides is 1. The number of nitrogen functional groups attached to an aromatic ring is 1. The molecule has 0 aliphatic heterocycles. The molecule has 104 valence electrons. The Bertz CT molecular complexity index is 621. The lowest BCUT2D eigenvalue weighted by molar-refractivity contribution is 0.100.